The van der Waals surface area contributed by atoms with Gasteiger partial charge in [-0.2, -0.15) is 0 Å². The van der Waals surface area contributed by atoms with Gasteiger partial charge in [0.1, 0.15) is 5.69 Å². The van der Waals surface area contributed by atoms with Crippen molar-refractivity contribution in [2.24, 2.45) is 0 Å². The minimum atomic E-state index is -0.132. The Morgan fingerprint density at radius 3 is 2.79 bits per heavy atom. The summed E-state index contributed by atoms with van der Waals surface area (Å²) < 4.78 is 1.93. The number of hydrogen-bond donors (Lipinski definition) is 1. The van der Waals surface area contributed by atoms with E-state index < -0.39 is 0 Å². The third-order valence-corrected chi connectivity index (χ3v) is 2.86. The van der Waals surface area contributed by atoms with Crippen LogP contribution in [0, 0.1) is 12.3 Å². The van der Waals surface area contributed by atoms with Crippen molar-refractivity contribution in [3.8, 4) is 12.3 Å². The molecule has 1 aromatic carbocycles. The van der Waals surface area contributed by atoms with Crippen molar-refractivity contribution in [3.63, 3.8) is 0 Å². The lowest BCUT2D eigenvalue weighted by atomic mass is 10.2. The normalized spacial score (nSPS) is 10.2. The van der Waals surface area contributed by atoms with Crippen LogP contribution in [0.4, 0.5) is 5.69 Å². The van der Waals surface area contributed by atoms with E-state index in [0.717, 1.165) is 5.56 Å². The number of terminal acetylenes is 1. The number of amides is 1. The lowest BCUT2D eigenvalue weighted by Gasteiger charge is -2.13. The quantitative estimate of drug-likeness (QED) is 0.835. The number of benzene rings is 1. The van der Waals surface area contributed by atoms with Crippen LogP contribution in [0.15, 0.2) is 42.6 Å². The summed E-state index contributed by atoms with van der Waals surface area (Å²) in [6.07, 6.45) is 7.24. The van der Waals surface area contributed by atoms with Crippen molar-refractivity contribution in [3.05, 3.63) is 53.9 Å². The van der Waals surface area contributed by atoms with Crippen LogP contribution in [0.1, 0.15) is 35.9 Å². The van der Waals surface area contributed by atoms with Gasteiger partial charge in [-0.15, -0.1) is 6.42 Å². The van der Waals surface area contributed by atoms with Gasteiger partial charge in [0.2, 0.25) is 0 Å². The molecule has 19 heavy (non-hydrogen) atoms. The largest absolute Gasteiger partial charge is 0.341 e. The van der Waals surface area contributed by atoms with E-state index >= 15 is 0 Å². The molecule has 0 aliphatic heterocycles. The Balaban J connectivity index is 2.21. The highest BCUT2D eigenvalue weighted by Gasteiger charge is 2.12. The van der Waals surface area contributed by atoms with Crippen LogP contribution in [0.3, 0.4) is 0 Å². The lowest BCUT2D eigenvalue weighted by Crippen LogP contribution is -2.17. The summed E-state index contributed by atoms with van der Waals surface area (Å²) >= 11 is 0. The van der Waals surface area contributed by atoms with Crippen LogP contribution in [-0.4, -0.2) is 10.5 Å². The van der Waals surface area contributed by atoms with Gasteiger partial charge in [-0.25, -0.2) is 0 Å². The third kappa shape index (κ3) is 2.86. The molecule has 1 heterocycles. The number of hydrogen-bond acceptors (Lipinski definition) is 1. The molecule has 0 atom stereocenters. The molecule has 1 aromatic heterocycles. The second kappa shape index (κ2) is 5.45. The van der Waals surface area contributed by atoms with E-state index in [0.29, 0.717) is 11.4 Å². The summed E-state index contributed by atoms with van der Waals surface area (Å²) in [5.41, 5.74) is 2.09. The molecule has 0 aliphatic carbocycles. The fourth-order valence-corrected chi connectivity index (χ4v) is 1.92. The van der Waals surface area contributed by atoms with Crippen molar-refractivity contribution < 1.29 is 4.79 Å². The summed E-state index contributed by atoms with van der Waals surface area (Å²) in [7, 11) is 0. The first kappa shape index (κ1) is 13.0. The monoisotopic (exact) mass is 252 g/mol. The highest BCUT2D eigenvalue weighted by molar-refractivity contribution is 6.03. The summed E-state index contributed by atoms with van der Waals surface area (Å²) in [6.45, 7) is 4.07. The Labute approximate surface area is 113 Å². The van der Waals surface area contributed by atoms with Gasteiger partial charge in [0.15, 0.2) is 0 Å². The van der Waals surface area contributed by atoms with E-state index in [9.17, 15) is 4.79 Å². The molecular weight excluding hydrogens is 236 g/mol. The number of anilines is 1. The molecule has 0 aliphatic rings. The van der Waals surface area contributed by atoms with Crippen molar-refractivity contribution in [2.75, 3.05) is 5.32 Å². The van der Waals surface area contributed by atoms with Crippen LogP contribution in [0.25, 0.3) is 0 Å². The van der Waals surface area contributed by atoms with Crippen LogP contribution >= 0.6 is 0 Å². The van der Waals surface area contributed by atoms with Crippen molar-refractivity contribution in [1.29, 1.82) is 0 Å². The average molecular weight is 252 g/mol. The maximum Gasteiger partial charge on any atom is 0.272 e. The summed E-state index contributed by atoms with van der Waals surface area (Å²) in [5.74, 6) is 2.42. The first-order valence-corrected chi connectivity index (χ1v) is 6.16. The summed E-state index contributed by atoms with van der Waals surface area (Å²) in [4.78, 5) is 12.2. The van der Waals surface area contributed by atoms with Crippen molar-refractivity contribution in [1.82, 2.24) is 4.57 Å². The highest BCUT2D eigenvalue weighted by Crippen LogP contribution is 2.15. The number of nitrogens with one attached hydrogen (secondary N) is 1. The van der Waals surface area contributed by atoms with Gasteiger partial charge in [-0.05, 0) is 44.2 Å². The standard InChI is InChI=1S/C16H16N2O/c1-4-13-7-5-8-14(11-13)17-16(19)15-9-6-10-18(15)12(2)3/h1,5-12H,2-3H3,(H,17,19). The van der Waals surface area contributed by atoms with E-state index in [-0.39, 0.29) is 11.9 Å². The smallest absolute Gasteiger partial charge is 0.272 e. The van der Waals surface area contributed by atoms with E-state index in [1.807, 2.05) is 48.9 Å². The molecule has 0 fully saturated rings. The van der Waals surface area contributed by atoms with Gasteiger partial charge < -0.3 is 9.88 Å². The van der Waals surface area contributed by atoms with E-state index in [1.54, 1.807) is 12.1 Å². The molecular formula is C16H16N2O. The number of carbonyl (C=O) groups is 1. The predicted octanol–water partition coefficient (Wildman–Crippen LogP) is 3.30. The Morgan fingerprint density at radius 1 is 1.32 bits per heavy atom. The van der Waals surface area contributed by atoms with Crippen molar-refractivity contribution >= 4 is 11.6 Å². The molecule has 0 bridgehead atoms. The first-order valence-electron chi connectivity index (χ1n) is 6.16. The van der Waals surface area contributed by atoms with Gasteiger partial charge in [0, 0.05) is 23.5 Å². The highest BCUT2D eigenvalue weighted by atomic mass is 16.1. The number of rotatable bonds is 3. The van der Waals surface area contributed by atoms with E-state index in [4.69, 9.17) is 6.42 Å². The minimum absolute atomic E-state index is 0.132. The number of carbonyl (C=O) groups excluding carboxylic acids is 1. The zero-order valence-electron chi connectivity index (χ0n) is 11.1. The first-order chi connectivity index (χ1) is 9.11. The van der Waals surface area contributed by atoms with Gasteiger partial charge in [0.05, 0.1) is 0 Å². The molecule has 1 N–H and O–H groups in total. The maximum atomic E-state index is 12.2. The Kier molecular flexibility index (Phi) is 3.72. The zero-order chi connectivity index (χ0) is 13.8. The van der Waals surface area contributed by atoms with Crippen LogP contribution < -0.4 is 5.32 Å². The molecule has 1 amide bonds. The molecule has 0 unspecified atom stereocenters. The molecule has 0 saturated heterocycles. The molecule has 0 spiro atoms. The zero-order valence-corrected chi connectivity index (χ0v) is 11.1. The van der Waals surface area contributed by atoms with E-state index in [1.165, 1.54) is 0 Å². The van der Waals surface area contributed by atoms with Crippen molar-refractivity contribution in [2.45, 2.75) is 19.9 Å². The SMILES string of the molecule is C#Cc1cccc(NC(=O)c2cccn2C(C)C)c1. The van der Waals surface area contributed by atoms with Gasteiger partial charge in [0.25, 0.3) is 5.91 Å². The van der Waals surface area contributed by atoms with Crippen LogP contribution in [-0.2, 0) is 0 Å². The number of aromatic nitrogens is 1. The van der Waals surface area contributed by atoms with Crippen LogP contribution in [0.2, 0.25) is 0 Å². The minimum Gasteiger partial charge on any atom is -0.341 e. The molecule has 0 radical (unpaired) electrons. The molecule has 2 aromatic rings. The van der Waals surface area contributed by atoms with Gasteiger partial charge >= 0.3 is 0 Å². The van der Waals surface area contributed by atoms with E-state index in [2.05, 4.69) is 11.2 Å². The Morgan fingerprint density at radius 2 is 2.11 bits per heavy atom. The topological polar surface area (TPSA) is 34.0 Å². The third-order valence-electron chi connectivity index (χ3n) is 2.86. The van der Waals surface area contributed by atoms with Gasteiger partial charge in [-0.1, -0.05) is 12.0 Å². The molecule has 2 rings (SSSR count). The fraction of sp³-hybridized carbons (Fsp3) is 0.188. The second-order valence-electron chi connectivity index (χ2n) is 4.57. The fourth-order valence-electron chi connectivity index (χ4n) is 1.92. The lowest BCUT2D eigenvalue weighted by molar-refractivity contribution is 0.101. The Hall–Kier alpha value is -2.47. The Bertz CT molecular complexity index is 632. The van der Waals surface area contributed by atoms with Crippen LogP contribution in [0.5, 0.6) is 0 Å². The second-order valence-corrected chi connectivity index (χ2v) is 4.57. The average Bonchev–Trinajstić information content (AvgIpc) is 2.88. The summed E-state index contributed by atoms with van der Waals surface area (Å²) in [6, 6.07) is 11.2. The van der Waals surface area contributed by atoms with Gasteiger partial charge in [-0.3, -0.25) is 4.79 Å². The molecule has 96 valence electrons. The molecule has 0 saturated carbocycles. The predicted molar refractivity (Wildman–Crippen MR) is 77.1 cm³/mol. The maximum absolute atomic E-state index is 12.2. The number of nitrogens with zero attached hydrogens (tertiary/aromatic N) is 1. The summed E-state index contributed by atoms with van der Waals surface area (Å²) in [5, 5.41) is 2.86. The molecule has 3 nitrogen and oxygen atoms in total. The molecule has 3 heteroatoms.